The van der Waals surface area contributed by atoms with Crippen LogP contribution in [0.5, 0.6) is 0 Å². The second kappa shape index (κ2) is 6.08. The van der Waals surface area contributed by atoms with Gasteiger partial charge in [0.25, 0.3) is 0 Å². The van der Waals surface area contributed by atoms with Crippen molar-refractivity contribution in [2.24, 2.45) is 5.41 Å². The van der Waals surface area contributed by atoms with E-state index in [4.69, 9.17) is 0 Å². The fourth-order valence-corrected chi connectivity index (χ4v) is 1.99. The molecule has 0 amide bonds. The van der Waals surface area contributed by atoms with Crippen molar-refractivity contribution in [2.75, 3.05) is 0 Å². The van der Waals surface area contributed by atoms with E-state index < -0.39 is 0 Å². The van der Waals surface area contributed by atoms with Gasteiger partial charge in [0.05, 0.1) is 0 Å². The second-order valence-corrected chi connectivity index (χ2v) is 5.76. The first-order valence-electron chi connectivity index (χ1n) is 6.41. The largest absolute Gasteiger partial charge is 0.0651 e. The van der Waals surface area contributed by atoms with Gasteiger partial charge in [-0.05, 0) is 36.2 Å². The Morgan fingerprint density at radius 1 is 1.12 bits per heavy atom. The fourth-order valence-electron chi connectivity index (χ4n) is 1.99. The molecule has 1 atom stereocenters. The molecule has 1 unspecified atom stereocenters. The van der Waals surface area contributed by atoms with Gasteiger partial charge in [-0.15, -0.1) is 0 Å². The molecule has 0 aliphatic carbocycles. The highest BCUT2D eigenvalue weighted by molar-refractivity contribution is 5.22. The van der Waals surface area contributed by atoms with Gasteiger partial charge in [0, 0.05) is 0 Å². The van der Waals surface area contributed by atoms with Crippen LogP contribution < -0.4 is 0 Å². The van der Waals surface area contributed by atoms with Crippen molar-refractivity contribution in [1.29, 1.82) is 0 Å². The molecule has 16 heavy (non-hydrogen) atoms. The van der Waals surface area contributed by atoms with Crippen molar-refractivity contribution in [2.45, 2.75) is 52.9 Å². The third-order valence-corrected chi connectivity index (χ3v) is 2.95. The lowest BCUT2D eigenvalue weighted by atomic mass is 9.82. The maximum Gasteiger partial charge on any atom is -0.0131 e. The van der Waals surface area contributed by atoms with Gasteiger partial charge in [-0.1, -0.05) is 64.4 Å². The highest BCUT2D eigenvalue weighted by Crippen LogP contribution is 2.31. The summed E-state index contributed by atoms with van der Waals surface area (Å²) < 4.78 is 0. The molecular formula is C16H25. The minimum Gasteiger partial charge on any atom is -0.0651 e. The molecule has 0 fully saturated rings. The predicted octanol–water partition coefficient (Wildman–Crippen LogP) is 5.21. The summed E-state index contributed by atoms with van der Waals surface area (Å²) in [5.41, 5.74) is 1.91. The average Bonchev–Trinajstić information content (AvgIpc) is 2.24. The van der Waals surface area contributed by atoms with E-state index in [0.717, 1.165) is 6.42 Å². The summed E-state index contributed by atoms with van der Waals surface area (Å²) in [5.74, 6) is 0.630. The SMILES string of the molecule is CC[CH]C(CCC(C)(C)C)c1ccccc1. The molecule has 0 saturated heterocycles. The lowest BCUT2D eigenvalue weighted by Crippen LogP contribution is -2.08. The van der Waals surface area contributed by atoms with Crippen molar-refractivity contribution in [1.82, 2.24) is 0 Å². The molecule has 0 spiro atoms. The quantitative estimate of drug-likeness (QED) is 0.635. The van der Waals surface area contributed by atoms with Crippen LogP contribution in [0.1, 0.15) is 58.4 Å². The Morgan fingerprint density at radius 3 is 2.25 bits per heavy atom. The molecule has 0 aliphatic rings. The van der Waals surface area contributed by atoms with Gasteiger partial charge in [0.1, 0.15) is 0 Å². The molecule has 0 heterocycles. The van der Waals surface area contributed by atoms with E-state index in [2.05, 4.69) is 64.4 Å². The first-order valence-corrected chi connectivity index (χ1v) is 6.41. The molecule has 89 valence electrons. The zero-order chi connectivity index (χ0) is 12.0. The van der Waals surface area contributed by atoms with Crippen LogP contribution in [0, 0.1) is 11.8 Å². The van der Waals surface area contributed by atoms with Crippen LogP contribution >= 0.6 is 0 Å². The minimum absolute atomic E-state index is 0.439. The first-order chi connectivity index (χ1) is 7.53. The number of hydrogen-bond acceptors (Lipinski definition) is 0. The van der Waals surface area contributed by atoms with Crippen molar-refractivity contribution in [3.63, 3.8) is 0 Å². The normalized spacial score (nSPS) is 13.8. The van der Waals surface area contributed by atoms with E-state index in [1.165, 1.54) is 18.4 Å². The van der Waals surface area contributed by atoms with Gasteiger partial charge >= 0.3 is 0 Å². The van der Waals surface area contributed by atoms with Gasteiger partial charge in [0.15, 0.2) is 0 Å². The number of rotatable bonds is 5. The van der Waals surface area contributed by atoms with Crippen molar-refractivity contribution in [3.8, 4) is 0 Å². The highest BCUT2D eigenvalue weighted by atomic mass is 14.2. The van der Waals surface area contributed by atoms with E-state index in [1.807, 2.05) is 0 Å². The Hall–Kier alpha value is -0.780. The van der Waals surface area contributed by atoms with E-state index in [0.29, 0.717) is 11.3 Å². The lowest BCUT2D eigenvalue weighted by Gasteiger charge is -2.23. The molecule has 1 rings (SSSR count). The van der Waals surface area contributed by atoms with Crippen LogP contribution in [0.4, 0.5) is 0 Å². The van der Waals surface area contributed by atoms with Gasteiger partial charge in [-0.25, -0.2) is 0 Å². The molecule has 0 heteroatoms. The molecule has 0 saturated carbocycles. The molecule has 1 aromatic rings. The highest BCUT2D eigenvalue weighted by Gasteiger charge is 2.16. The standard InChI is InChI=1S/C16H25/c1-5-9-14(12-13-16(2,3)4)15-10-7-6-8-11-15/h6-11,14H,5,12-13H2,1-4H3. The van der Waals surface area contributed by atoms with E-state index in [1.54, 1.807) is 0 Å². The summed E-state index contributed by atoms with van der Waals surface area (Å²) in [6.45, 7) is 9.19. The van der Waals surface area contributed by atoms with E-state index in [9.17, 15) is 0 Å². The monoisotopic (exact) mass is 217 g/mol. The van der Waals surface area contributed by atoms with Gasteiger partial charge in [-0.2, -0.15) is 0 Å². The molecule has 0 aliphatic heterocycles. The summed E-state index contributed by atoms with van der Waals surface area (Å²) in [6.07, 6.45) is 6.15. The minimum atomic E-state index is 0.439. The maximum atomic E-state index is 2.45. The molecule has 0 N–H and O–H groups in total. The Labute approximate surface area is 101 Å². The number of hydrogen-bond donors (Lipinski definition) is 0. The van der Waals surface area contributed by atoms with Gasteiger partial charge in [0.2, 0.25) is 0 Å². The second-order valence-electron chi connectivity index (χ2n) is 5.76. The third kappa shape index (κ3) is 4.83. The van der Waals surface area contributed by atoms with E-state index >= 15 is 0 Å². The van der Waals surface area contributed by atoms with E-state index in [-0.39, 0.29) is 0 Å². The maximum absolute atomic E-state index is 2.45. The topological polar surface area (TPSA) is 0 Å². The molecule has 0 bridgehead atoms. The Bertz CT molecular complexity index is 279. The molecule has 1 aromatic carbocycles. The molecule has 0 aromatic heterocycles. The zero-order valence-electron chi connectivity index (χ0n) is 11.2. The van der Waals surface area contributed by atoms with Crippen LogP contribution in [0.25, 0.3) is 0 Å². The van der Waals surface area contributed by atoms with Crippen molar-refractivity contribution >= 4 is 0 Å². The lowest BCUT2D eigenvalue weighted by molar-refractivity contribution is 0.354. The van der Waals surface area contributed by atoms with Gasteiger partial charge < -0.3 is 0 Å². The summed E-state index contributed by atoms with van der Waals surface area (Å²) in [7, 11) is 0. The third-order valence-electron chi connectivity index (χ3n) is 2.95. The first kappa shape index (κ1) is 13.3. The van der Waals surface area contributed by atoms with Crippen LogP contribution in [0.2, 0.25) is 0 Å². The Balaban J connectivity index is 2.61. The summed E-state index contributed by atoms with van der Waals surface area (Å²) in [4.78, 5) is 0. The predicted molar refractivity (Wildman–Crippen MR) is 72.5 cm³/mol. The molecular weight excluding hydrogens is 192 g/mol. The summed E-state index contributed by atoms with van der Waals surface area (Å²) in [6, 6.07) is 10.9. The van der Waals surface area contributed by atoms with Crippen LogP contribution in [-0.4, -0.2) is 0 Å². The van der Waals surface area contributed by atoms with Crippen LogP contribution in [-0.2, 0) is 0 Å². The van der Waals surface area contributed by atoms with Crippen LogP contribution in [0.3, 0.4) is 0 Å². The van der Waals surface area contributed by atoms with Crippen LogP contribution in [0.15, 0.2) is 30.3 Å². The number of benzene rings is 1. The Morgan fingerprint density at radius 2 is 1.75 bits per heavy atom. The molecule has 1 radical (unpaired) electrons. The smallest absolute Gasteiger partial charge is 0.0131 e. The average molecular weight is 217 g/mol. The molecule has 0 nitrogen and oxygen atoms in total. The van der Waals surface area contributed by atoms with Crippen molar-refractivity contribution < 1.29 is 0 Å². The summed E-state index contributed by atoms with van der Waals surface area (Å²) >= 11 is 0. The van der Waals surface area contributed by atoms with Gasteiger partial charge in [-0.3, -0.25) is 0 Å². The summed E-state index contributed by atoms with van der Waals surface area (Å²) in [5, 5.41) is 0. The zero-order valence-corrected chi connectivity index (χ0v) is 11.2. The fraction of sp³-hybridized carbons (Fsp3) is 0.562. The van der Waals surface area contributed by atoms with Crippen molar-refractivity contribution in [3.05, 3.63) is 42.3 Å². The Kier molecular flexibility index (Phi) is 5.05.